The largest absolute Gasteiger partial charge is 0.495 e. The summed E-state index contributed by atoms with van der Waals surface area (Å²) in [6, 6.07) is 18.1. The van der Waals surface area contributed by atoms with E-state index in [0.717, 1.165) is 34.2 Å². The summed E-state index contributed by atoms with van der Waals surface area (Å²) in [4.78, 5) is 31.0. The molecule has 6 aromatic rings. The number of hydrogen-bond acceptors (Lipinski definition) is 10. The van der Waals surface area contributed by atoms with Crippen LogP contribution in [-0.2, 0) is 61.3 Å². The molecule has 0 saturated heterocycles. The number of aryl methyl sites for hydroxylation is 2. The van der Waals surface area contributed by atoms with Crippen molar-refractivity contribution in [2.75, 3.05) is 20.5 Å². The third kappa shape index (κ3) is 26.2. The average Bonchev–Trinajstić information content (AvgIpc) is 3.29. The molecule has 76 heavy (non-hydrogen) atoms. The zero-order valence-electron chi connectivity index (χ0n) is 49.9. The smallest absolute Gasteiger partial charge is 0.433 e. The summed E-state index contributed by atoms with van der Waals surface area (Å²) < 4.78 is 70.4. The summed E-state index contributed by atoms with van der Waals surface area (Å²) in [5.41, 5.74) is 8.27. The number of hydrogen-bond donors (Lipinski definition) is 0. The lowest BCUT2D eigenvalue weighted by Gasteiger charge is -2.19. The number of pyridine rings is 6. The maximum Gasteiger partial charge on any atom is 0.433 e. The van der Waals surface area contributed by atoms with Gasteiger partial charge in [0.2, 0.25) is 11.4 Å². The van der Waals surface area contributed by atoms with Gasteiger partial charge in [-0.05, 0) is 96.6 Å². The Balaban J connectivity index is 0.000000457. The first-order valence-corrected chi connectivity index (χ1v) is 27.2. The maximum atomic E-state index is 12.2. The van der Waals surface area contributed by atoms with Crippen molar-refractivity contribution in [2.45, 2.75) is 176 Å². The Hall–Kier alpha value is -5.96. The van der Waals surface area contributed by atoms with Gasteiger partial charge in [-0.3, -0.25) is 24.7 Å². The standard InChI is InChI=1S/C11H17NO2S.C10H12F3N.3C10H15NO.C10H15N/c1-11(2,3)10-5-9(6-12-7-10)8-15(4,13)14;1-9(2,3)7-4-5-8(14-6-7)10(11,12)13;1-10(2,3)8-5-9(12-4)7-11-6-8;1-10(2,3)8-5-6-9(12-4)11-7-8;1-10(2,3)8-5-6-9(12)11(4)7-8;1-8-5-6-9(7-11-8)10(2,3)4/h5-7H,8H2,1-4H3;4-6H,1-3H3;3*5-7H,1-4H3;5-7H,1-4H3. The number of ether oxygens (including phenoxy) is 2. The number of methoxy groups -OCH3 is 2. The van der Waals surface area contributed by atoms with Crippen LogP contribution in [0.25, 0.3) is 0 Å². The highest BCUT2D eigenvalue weighted by Crippen LogP contribution is 2.30. The minimum Gasteiger partial charge on any atom is -0.495 e. The third-order valence-electron chi connectivity index (χ3n) is 11.4. The molecule has 11 nitrogen and oxygen atoms in total. The van der Waals surface area contributed by atoms with E-state index in [4.69, 9.17) is 9.47 Å². The second kappa shape index (κ2) is 27.9. The molecule has 0 amide bonds. The quantitative estimate of drug-likeness (QED) is 0.168. The van der Waals surface area contributed by atoms with Crippen molar-refractivity contribution < 1.29 is 31.1 Å². The molecule has 0 N–H and O–H groups in total. The zero-order valence-corrected chi connectivity index (χ0v) is 50.7. The van der Waals surface area contributed by atoms with Crippen LogP contribution in [0.4, 0.5) is 13.2 Å². The summed E-state index contributed by atoms with van der Waals surface area (Å²) >= 11 is 0. The molecule has 15 heteroatoms. The van der Waals surface area contributed by atoms with Gasteiger partial charge in [0.15, 0.2) is 9.84 Å². The summed E-state index contributed by atoms with van der Waals surface area (Å²) in [7, 11) is 2.08. The van der Waals surface area contributed by atoms with Gasteiger partial charge in [0.1, 0.15) is 11.4 Å². The van der Waals surface area contributed by atoms with Crippen molar-refractivity contribution in [2.24, 2.45) is 7.05 Å². The van der Waals surface area contributed by atoms with E-state index in [9.17, 15) is 26.4 Å². The predicted molar refractivity (Wildman–Crippen MR) is 306 cm³/mol. The van der Waals surface area contributed by atoms with Gasteiger partial charge in [0.05, 0.1) is 26.2 Å². The minimum absolute atomic E-state index is 0.000509. The Morgan fingerprint density at radius 2 is 0.921 bits per heavy atom. The van der Waals surface area contributed by atoms with Gasteiger partial charge in [-0.15, -0.1) is 0 Å². The zero-order chi connectivity index (χ0) is 58.9. The van der Waals surface area contributed by atoms with Crippen molar-refractivity contribution in [3.05, 3.63) is 171 Å². The van der Waals surface area contributed by atoms with Crippen molar-refractivity contribution in [3.63, 3.8) is 0 Å². The molecule has 0 radical (unpaired) electrons. The van der Waals surface area contributed by atoms with Crippen LogP contribution < -0.4 is 15.0 Å². The van der Waals surface area contributed by atoms with E-state index in [-0.39, 0.29) is 43.8 Å². The summed E-state index contributed by atoms with van der Waals surface area (Å²) in [6.07, 6.45) is 10.9. The Kier molecular flexibility index (Phi) is 25.0. The first kappa shape index (κ1) is 68.1. The van der Waals surface area contributed by atoms with Crippen LogP contribution in [0.5, 0.6) is 11.6 Å². The molecule has 0 aliphatic heterocycles. The lowest BCUT2D eigenvalue weighted by atomic mass is 9.88. The summed E-state index contributed by atoms with van der Waals surface area (Å²) in [5.74, 6) is 1.55. The molecule has 0 aromatic carbocycles. The van der Waals surface area contributed by atoms with Gasteiger partial charge in [-0.1, -0.05) is 155 Å². The molecular weight excluding hydrogens is 986 g/mol. The van der Waals surface area contributed by atoms with Gasteiger partial charge < -0.3 is 14.0 Å². The van der Waals surface area contributed by atoms with E-state index in [1.165, 1.54) is 40.8 Å². The van der Waals surface area contributed by atoms with Crippen molar-refractivity contribution in [3.8, 4) is 11.6 Å². The van der Waals surface area contributed by atoms with Crippen LogP contribution in [-0.4, -0.2) is 58.4 Å². The summed E-state index contributed by atoms with van der Waals surface area (Å²) in [6.45, 7) is 40.0. The highest BCUT2D eigenvalue weighted by molar-refractivity contribution is 7.89. The first-order chi connectivity index (χ1) is 34.4. The van der Waals surface area contributed by atoms with Crippen molar-refractivity contribution in [1.82, 2.24) is 29.5 Å². The molecule has 420 valence electrons. The molecule has 6 heterocycles. The molecular formula is C61H89F3N6O5S. The van der Waals surface area contributed by atoms with Crippen LogP contribution >= 0.6 is 0 Å². The Morgan fingerprint density at radius 1 is 0.500 bits per heavy atom. The molecule has 0 aliphatic rings. The molecule has 6 aromatic heterocycles. The fourth-order valence-electron chi connectivity index (χ4n) is 6.12. The maximum absolute atomic E-state index is 12.2. The number of sulfone groups is 1. The molecule has 0 atom stereocenters. The van der Waals surface area contributed by atoms with E-state index in [1.54, 1.807) is 50.5 Å². The molecule has 0 aliphatic carbocycles. The number of nitrogens with zero attached hydrogens (tertiary/aromatic N) is 6. The van der Waals surface area contributed by atoms with Crippen LogP contribution in [0.15, 0.2) is 115 Å². The first-order valence-electron chi connectivity index (χ1n) is 25.1. The molecule has 0 saturated carbocycles. The van der Waals surface area contributed by atoms with Crippen molar-refractivity contribution >= 4 is 9.84 Å². The molecule has 6 rings (SSSR count). The van der Waals surface area contributed by atoms with Crippen molar-refractivity contribution in [1.29, 1.82) is 0 Å². The van der Waals surface area contributed by atoms with E-state index >= 15 is 0 Å². The number of alkyl halides is 3. The van der Waals surface area contributed by atoms with E-state index in [0.29, 0.717) is 5.88 Å². The predicted octanol–water partition coefficient (Wildman–Crippen LogP) is 14.5. The van der Waals surface area contributed by atoms with Gasteiger partial charge in [0.25, 0.3) is 0 Å². The summed E-state index contributed by atoms with van der Waals surface area (Å²) in [5, 5.41) is 0. The topological polar surface area (TPSA) is 139 Å². The van der Waals surface area contributed by atoms with Crippen LogP contribution in [0.2, 0.25) is 0 Å². The normalized spacial score (nSPS) is 12.0. The van der Waals surface area contributed by atoms with Gasteiger partial charge in [-0.2, -0.15) is 13.2 Å². The lowest BCUT2D eigenvalue weighted by molar-refractivity contribution is -0.141. The van der Waals surface area contributed by atoms with Gasteiger partial charge in [0, 0.05) is 74.5 Å². The third-order valence-corrected chi connectivity index (χ3v) is 12.2. The average molecular weight is 1080 g/mol. The highest BCUT2D eigenvalue weighted by atomic mass is 32.2. The second-order valence-electron chi connectivity index (χ2n) is 24.8. The number of rotatable bonds is 4. The Bertz CT molecular complexity index is 2810. The number of aromatic nitrogens is 6. The van der Waals surface area contributed by atoms with E-state index < -0.39 is 21.7 Å². The van der Waals surface area contributed by atoms with Gasteiger partial charge >= 0.3 is 6.18 Å². The van der Waals surface area contributed by atoms with Crippen LogP contribution in [0.1, 0.15) is 175 Å². The molecule has 0 spiro atoms. The minimum atomic E-state index is -4.35. The highest BCUT2D eigenvalue weighted by Gasteiger charge is 2.32. The van der Waals surface area contributed by atoms with Crippen LogP contribution in [0.3, 0.4) is 0 Å². The lowest BCUT2D eigenvalue weighted by Crippen LogP contribution is -2.19. The molecule has 0 unspecified atom stereocenters. The second-order valence-corrected chi connectivity index (χ2v) is 27.0. The monoisotopic (exact) mass is 1070 g/mol. The number of halogens is 3. The fourth-order valence-corrected chi connectivity index (χ4v) is 6.88. The van der Waals surface area contributed by atoms with E-state index in [2.05, 4.69) is 141 Å². The SMILES string of the molecule is CC(C)(C)c1ccc(C(F)(F)F)nc1.CC(C)(C)c1cncc(CS(C)(=O)=O)c1.COc1ccc(C(C)(C)C)cn1.COc1cncc(C(C)(C)C)c1.Cc1ccc(C(C)(C)C)cn1.Cn1cc(C(C)(C)C)ccc1=O. The van der Waals surface area contributed by atoms with E-state index in [1.807, 2.05) is 82.8 Å². The van der Waals surface area contributed by atoms with Gasteiger partial charge in [-0.25, -0.2) is 13.4 Å². The molecule has 0 bridgehead atoms. The Labute approximate surface area is 454 Å². The Morgan fingerprint density at radius 3 is 1.28 bits per heavy atom. The molecule has 0 fully saturated rings. The van der Waals surface area contributed by atoms with Crippen LogP contribution in [0, 0.1) is 6.92 Å². The fraction of sp³-hybridized carbons (Fsp3) is 0.508.